The van der Waals surface area contributed by atoms with E-state index in [4.69, 9.17) is 33.7 Å². The fraction of sp³-hybridized carbons (Fsp3) is 0.864. The molecule has 5 amide bonds. The van der Waals surface area contributed by atoms with E-state index in [1.54, 1.807) is 0 Å². The van der Waals surface area contributed by atoms with Crippen molar-refractivity contribution in [2.75, 3.05) is 33.0 Å². The number of aliphatic hydroxyl groups is 3. The van der Waals surface area contributed by atoms with E-state index in [2.05, 4.69) is 29.8 Å². The molecule has 11 atom stereocenters. The maximum absolute atomic E-state index is 14.1. The average molecular weight is 1240 g/mol. The molecule has 1 aliphatic heterocycles. The largest absolute Gasteiger partial charge is 0.481 e. The van der Waals surface area contributed by atoms with E-state index in [-0.39, 0.29) is 12.8 Å². The molecule has 25 nitrogen and oxygen atoms in total. The van der Waals surface area contributed by atoms with Gasteiger partial charge < -0.3 is 70.9 Å². The van der Waals surface area contributed by atoms with Crippen LogP contribution in [0.15, 0.2) is 0 Å². The number of carboxylic acids is 1. The molecule has 85 heavy (non-hydrogen) atoms. The molecule has 0 aromatic heterocycles. The quantitative estimate of drug-likeness (QED) is 0.0180. The molecular weight excluding hydrogens is 1130 g/mol. The minimum absolute atomic E-state index is 0.0522. The van der Waals surface area contributed by atoms with Gasteiger partial charge in [0, 0.05) is 32.7 Å². The van der Waals surface area contributed by atoms with Gasteiger partial charge in [-0.25, -0.2) is 4.57 Å². The molecule has 26 heteroatoms. The highest BCUT2D eigenvalue weighted by atomic mass is 31.2. The number of amides is 5. The highest BCUT2D eigenvalue weighted by molar-refractivity contribution is 7.47. The van der Waals surface area contributed by atoms with Crippen molar-refractivity contribution >= 4 is 55.3 Å². The number of esters is 2. The van der Waals surface area contributed by atoms with Gasteiger partial charge >= 0.3 is 25.7 Å². The summed E-state index contributed by atoms with van der Waals surface area (Å²) in [5.74, 6) is -7.30. The standard InChI is InChI=1S/C59H108N5O20P/c1-7-9-11-13-15-17-19-21-23-25-27-29-31-33-50(69)79-40-46(83-51(70)34-32-30-28-26-24-22-20-18-16-14-12-10-8-2)41-81-85(77,78)80-38-37-64(43(4)55(60)72)58(75)47(35-36-49(67)68)63-56(73)42(3)61-57(74)44(5)82-54-52(62-45(6)66)59(76)84-48(39-65)53(54)71/h42-44,46-48,52-54,59,65,71,76H,7-41H2,1-6H3,(H2,60,72)(H,61,74)(H,62,66)(H,63,73)(H,67,68)(H,77,78)/t42-,43-,44+,46?,47+,48+,52+,53+,54+,59?/m0/s1. The van der Waals surface area contributed by atoms with Gasteiger partial charge in [0.25, 0.3) is 0 Å². The van der Waals surface area contributed by atoms with Crippen LogP contribution >= 0.6 is 7.82 Å². The van der Waals surface area contributed by atoms with E-state index in [1.165, 1.54) is 124 Å². The van der Waals surface area contributed by atoms with Crippen molar-refractivity contribution in [2.24, 2.45) is 5.73 Å². The van der Waals surface area contributed by atoms with Crippen LogP contribution in [-0.4, -0.2) is 172 Å². The Kier molecular flexibility index (Phi) is 43.3. The van der Waals surface area contributed by atoms with E-state index in [0.717, 1.165) is 63.2 Å². The second kappa shape index (κ2) is 46.8. The van der Waals surface area contributed by atoms with E-state index >= 15 is 0 Å². The van der Waals surface area contributed by atoms with Gasteiger partial charge in [0.05, 0.1) is 19.8 Å². The number of carbonyl (C=O) groups excluding carboxylic acids is 7. The van der Waals surface area contributed by atoms with Crippen LogP contribution in [0.25, 0.3) is 0 Å². The van der Waals surface area contributed by atoms with Crippen LogP contribution in [0.1, 0.15) is 234 Å². The number of rotatable bonds is 52. The summed E-state index contributed by atoms with van der Waals surface area (Å²) in [5, 5.41) is 47.5. The maximum Gasteiger partial charge on any atom is 0.472 e. The van der Waals surface area contributed by atoms with E-state index in [1.807, 2.05) is 0 Å². The number of phosphoric acid groups is 1. The molecule has 1 aliphatic rings. The molecule has 0 aromatic rings. The Morgan fingerprint density at radius 2 is 1.14 bits per heavy atom. The lowest BCUT2D eigenvalue weighted by Crippen LogP contribution is -2.65. The number of nitrogens with two attached hydrogens (primary N) is 1. The Hall–Kier alpha value is -4.33. The highest BCUT2D eigenvalue weighted by Crippen LogP contribution is 2.43. The summed E-state index contributed by atoms with van der Waals surface area (Å²) in [6, 6.07) is -6.00. The Morgan fingerprint density at radius 3 is 1.60 bits per heavy atom. The Labute approximate surface area is 504 Å². The summed E-state index contributed by atoms with van der Waals surface area (Å²) in [4.78, 5) is 114. The Bertz CT molecular complexity index is 1970. The maximum atomic E-state index is 14.1. The molecule has 1 rings (SSSR count). The summed E-state index contributed by atoms with van der Waals surface area (Å²) in [6.07, 6.45) is 19.1. The lowest BCUT2D eigenvalue weighted by molar-refractivity contribution is -0.266. The second-order valence-electron chi connectivity index (χ2n) is 22.4. The first-order valence-electron chi connectivity index (χ1n) is 31.4. The number of hydrogen-bond donors (Lipinski definition) is 9. The van der Waals surface area contributed by atoms with Gasteiger partial charge in [-0.1, -0.05) is 168 Å². The number of nitrogens with one attached hydrogen (secondary N) is 3. The number of unbranched alkanes of at least 4 members (excludes halogenated alkanes) is 24. The number of nitrogens with zero attached hydrogens (tertiary/aromatic N) is 1. The molecule has 0 saturated carbocycles. The third-order valence-electron chi connectivity index (χ3n) is 14.9. The molecule has 10 N–H and O–H groups in total. The van der Waals surface area contributed by atoms with Crippen LogP contribution < -0.4 is 21.7 Å². The predicted molar refractivity (Wildman–Crippen MR) is 316 cm³/mol. The molecule has 0 aliphatic carbocycles. The number of aliphatic hydroxyl groups excluding tert-OH is 3. The van der Waals surface area contributed by atoms with Crippen molar-refractivity contribution < 1.29 is 96.2 Å². The van der Waals surface area contributed by atoms with Gasteiger partial charge in [0.15, 0.2) is 12.4 Å². The first-order valence-corrected chi connectivity index (χ1v) is 32.9. The van der Waals surface area contributed by atoms with Gasteiger partial charge in [-0.3, -0.25) is 47.4 Å². The molecule has 0 spiro atoms. The molecule has 1 saturated heterocycles. The second-order valence-corrected chi connectivity index (χ2v) is 23.9. The Balaban J connectivity index is 2.99. The van der Waals surface area contributed by atoms with Crippen LogP contribution in [0.4, 0.5) is 0 Å². The van der Waals surface area contributed by atoms with Gasteiger partial charge in [-0.2, -0.15) is 0 Å². The molecule has 0 aromatic carbocycles. The van der Waals surface area contributed by atoms with E-state index < -0.39 is 162 Å². The number of carbonyl (C=O) groups is 8. The fourth-order valence-electron chi connectivity index (χ4n) is 9.66. The lowest BCUT2D eigenvalue weighted by atomic mass is 9.96. The monoisotopic (exact) mass is 1240 g/mol. The topological polar surface area (TPSA) is 376 Å². The van der Waals surface area contributed by atoms with Gasteiger partial charge in [-0.15, -0.1) is 0 Å². The zero-order valence-electron chi connectivity index (χ0n) is 51.9. The Morgan fingerprint density at radius 1 is 0.659 bits per heavy atom. The smallest absolute Gasteiger partial charge is 0.472 e. The van der Waals surface area contributed by atoms with E-state index in [0.29, 0.717) is 12.8 Å². The number of primary amides is 1. The molecule has 494 valence electrons. The molecule has 3 unspecified atom stereocenters. The van der Waals surface area contributed by atoms with Crippen molar-refractivity contribution in [1.29, 1.82) is 0 Å². The summed E-state index contributed by atoms with van der Waals surface area (Å²) >= 11 is 0. The van der Waals surface area contributed by atoms with E-state index in [9.17, 15) is 68.2 Å². The first-order chi connectivity index (χ1) is 40.5. The summed E-state index contributed by atoms with van der Waals surface area (Å²) in [5.41, 5.74) is 5.56. The summed E-state index contributed by atoms with van der Waals surface area (Å²) in [6.45, 7) is 5.77. The molecular formula is C59H108N5O20P. The van der Waals surface area contributed by atoms with Crippen LogP contribution in [0.3, 0.4) is 0 Å². The third kappa shape index (κ3) is 36.6. The normalized spacial score (nSPS) is 19.3. The lowest BCUT2D eigenvalue weighted by Gasteiger charge is -2.43. The average Bonchev–Trinajstić information content (AvgIpc) is 3.47. The zero-order valence-corrected chi connectivity index (χ0v) is 52.7. The number of aliphatic carboxylic acids is 1. The van der Waals surface area contributed by atoms with Crippen LogP contribution in [-0.2, 0) is 70.9 Å². The fourth-order valence-corrected chi connectivity index (χ4v) is 10.4. The van der Waals surface area contributed by atoms with Gasteiger partial charge in [0.1, 0.15) is 55.2 Å². The van der Waals surface area contributed by atoms with Crippen LogP contribution in [0, 0.1) is 0 Å². The van der Waals surface area contributed by atoms with Crippen molar-refractivity contribution in [2.45, 2.75) is 295 Å². The number of hydrogen-bond acceptors (Lipinski definition) is 18. The molecule has 1 fully saturated rings. The van der Waals surface area contributed by atoms with Crippen LogP contribution in [0.2, 0.25) is 0 Å². The van der Waals surface area contributed by atoms with Gasteiger partial charge in [-0.05, 0) is 40.0 Å². The SMILES string of the molecule is CCCCCCCCCCCCCCCC(=O)OCC(COP(=O)(O)OCCN(C(=O)[C@@H](CCC(=O)O)NC(=O)[C@H](C)NC(=O)[C@@H](C)O[C@H]1[C@H](O)[C@@H](CO)OC(O)[C@@H]1NC(C)=O)[C@@H](C)C(N)=O)OC(=O)CCCCCCCCCCCCCCC. The van der Waals surface area contributed by atoms with Crippen molar-refractivity contribution in [3.8, 4) is 0 Å². The first kappa shape index (κ1) is 78.7. The summed E-state index contributed by atoms with van der Waals surface area (Å²) in [7, 11) is -5.06. The molecule has 1 heterocycles. The minimum atomic E-state index is -5.06. The van der Waals surface area contributed by atoms with Crippen molar-refractivity contribution in [3.63, 3.8) is 0 Å². The third-order valence-corrected chi connectivity index (χ3v) is 15.8. The molecule has 0 bridgehead atoms. The van der Waals surface area contributed by atoms with Gasteiger partial charge in [0.2, 0.25) is 29.5 Å². The summed E-state index contributed by atoms with van der Waals surface area (Å²) < 4.78 is 45.5. The minimum Gasteiger partial charge on any atom is -0.481 e. The number of phosphoric ester groups is 1. The van der Waals surface area contributed by atoms with Crippen molar-refractivity contribution in [3.05, 3.63) is 0 Å². The van der Waals surface area contributed by atoms with Crippen LogP contribution in [0.5, 0.6) is 0 Å². The zero-order chi connectivity index (χ0) is 63.6. The molecule has 0 radical (unpaired) electrons. The highest BCUT2D eigenvalue weighted by Gasteiger charge is 2.47. The number of carboxylic acid groups (broad SMARTS) is 1. The van der Waals surface area contributed by atoms with Crippen molar-refractivity contribution in [1.82, 2.24) is 20.9 Å². The number of ether oxygens (including phenoxy) is 4. The predicted octanol–water partition coefficient (Wildman–Crippen LogP) is 6.44.